The summed E-state index contributed by atoms with van der Waals surface area (Å²) in [6, 6.07) is 6.70. The monoisotopic (exact) mass is 358 g/mol. The van der Waals surface area contributed by atoms with Crippen LogP contribution in [0, 0.1) is 0 Å². The van der Waals surface area contributed by atoms with Gasteiger partial charge in [-0.3, -0.25) is 4.68 Å². The smallest absolute Gasteiger partial charge is 0.242 e. The van der Waals surface area contributed by atoms with Crippen LogP contribution in [0.1, 0.15) is 11.3 Å². The molecule has 0 unspecified atom stereocenters. The van der Waals surface area contributed by atoms with Gasteiger partial charge in [0.2, 0.25) is 10.0 Å². The van der Waals surface area contributed by atoms with Gasteiger partial charge in [-0.05, 0) is 39.7 Å². The van der Waals surface area contributed by atoms with Gasteiger partial charge >= 0.3 is 0 Å². The van der Waals surface area contributed by atoms with Crippen LogP contribution in [-0.2, 0) is 30.2 Å². The van der Waals surface area contributed by atoms with Gasteiger partial charge in [0, 0.05) is 24.3 Å². The standard InChI is InChI=1S/C12H15BrN4O2S/c1-17-10(4-5-15-17)8-16-20(18,19)12-3-2-9(7-14)6-11(12)13/h2-6,16H,7-8,14H2,1H3. The third-order valence-electron chi connectivity index (χ3n) is 2.89. The number of hydrogen-bond donors (Lipinski definition) is 2. The summed E-state index contributed by atoms with van der Waals surface area (Å²) in [4.78, 5) is 0.192. The van der Waals surface area contributed by atoms with Crippen LogP contribution in [0.5, 0.6) is 0 Å². The second kappa shape index (κ2) is 6.04. The Morgan fingerprint density at radius 1 is 1.40 bits per heavy atom. The molecule has 0 aliphatic carbocycles. The third-order valence-corrected chi connectivity index (χ3v) is 5.27. The number of hydrogen-bond acceptors (Lipinski definition) is 4. The van der Waals surface area contributed by atoms with E-state index in [4.69, 9.17) is 5.73 Å². The Bertz CT molecular complexity index is 712. The molecule has 108 valence electrons. The highest BCUT2D eigenvalue weighted by molar-refractivity contribution is 9.10. The van der Waals surface area contributed by atoms with Crippen molar-refractivity contribution in [2.24, 2.45) is 12.8 Å². The fourth-order valence-corrected chi connectivity index (χ4v) is 3.83. The number of nitrogens with zero attached hydrogens (tertiary/aromatic N) is 2. The summed E-state index contributed by atoms with van der Waals surface area (Å²) >= 11 is 3.26. The van der Waals surface area contributed by atoms with Crippen LogP contribution >= 0.6 is 15.9 Å². The molecule has 2 aromatic rings. The number of aryl methyl sites for hydroxylation is 1. The fourth-order valence-electron chi connectivity index (χ4n) is 1.71. The van der Waals surface area contributed by atoms with E-state index in [2.05, 4.69) is 25.8 Å². The van der Waals surface area contributed by atoms with E-state index < -0.39 is 10.0 Å². The van der Waals surface area contributed by atoms with Crippen LogP contribution in [0.3, 0.4) is 0 Å². The molecule has 2 rings (SSSR count). The van der Waals surface area contributed by atoms with Gasteiger partial charge in [0.15, 0.2) is 0 Å². The lowest BCUT2D eigenvalue weighted by molar-refractivity contribution is 0.576. The van der Waals surface area contributed by atoms with Crippen LogP contribution in [0.15, 0.2) is 39.8 Å². The first-order chi connectivity index (χ1) is 9.44. The minimum atomic E-state index is -3.59. The first-order valence-corrected chi connectivity index (χ1v) is 8.16. The van der Waals surface area contributed by atoms with E-state index >= 15 is 0 Å². The maximum absolute atomic E-state index is 12.3. The summed E-state index contributed by atoms with van der Waals surface area (Å²) in [5.41, 5.74) is 7.17. The van der Waals surface area contributed by atoms with Gasteiger partial charge in [-0.25, -0.2) is 13.1 Å². The fraction of sp³-hybridized carbons (Fsp3) is 0.250. The molecule has 0 aliphatic rings. The first-order valence-electron chi connectivity index (χ1n) is 5.89. The molecule has 0 amide bonds. The lowest BCUT2D eigenvalue weighted by Gasteiger charge is -2.09. The Hall–Kier alpha value is -1.22. The minimum Gasteiger partial charge on any atom is -0.326 e. The van der Waals surface area contributed by atoms with Gasteiger partial charge < -0.3 is 5.73 Å². The molecule has 0 bridgehead atoms. The summed E-state index contributed by atoms with van der Waals surface area (Å²) in [6.07, 6.45) is 1.62. The van der Waals surface area contributed by atoms with Crippen LogP contribution in [-0.4, -0.2) is 18.2 Å². The molecule has 0 aliphatic heterocycles. The summed E-state index contributed by atoms with van der Waals surface area (Å²) in [7, 11) is -1.83. The molecule has 0 saturated heterocycles. The van der Waals surface area contributed by atoms with Crippen LogP contribution < -0.4 is 10.5 Å². The SMILES string of the molecule is Cn1nccc1CNS(=O)(=O)c1ccc(CN)cc1Br. The summed E-state index contributed by atoms with van der Waals surface area (Å²) in [5, 5.41) is 3.99. The van der Waals surface area contributed by atoms with Crippen molar-refractivity contribution in [3.8, 4) is 0 Å². The Morgan fingerprint density at radius 2 is 2.15 bits per heavy atom. The number of aromatic nitrogens is 2. The molecule has 1 aromatic carbocycles. The van der Waals surface area contributed by atoms with E-state index in [1.807, 2.05) is 0 Å². The van der Waals surface area contributed by atoms with Gasteiger partial charge in [-0.2, -0.15) is 5.10 Å². The summed E-state index contributed by atoms with van der Waals surface area (Å²) in [5.74, 6) is 0. The highest BCUT2D eigenvalue weighted by Gasteiger charge is 2.18. The zero-order valence-electron chi connectivity index (χ0n) is 10.9. The molecular formula is C12H15BrN4O2S. The maximum Gasteiger partial charge on any atom is 0.242 e. The molecular weight excluding hydrogens is 344 g/mol. The highest BCUT2D eigenvalue weighted by Crippen LogP contribution is 2.23. The van der Waals surface area contributed by atoms with Crippen LogP contribution in [0.2, 0.25) is 0 Å². The van der Waals surface area contributed by atoms with E-state index in [0.29, 0.717) is 11.0 Å². The molecule has 6 nitrogen and oxygen atoms in total. The molecule has 0 radical (unpaired) electrons. The number of sulfonamides is 1. The largest absolute Gasteiger partial charge is 0.326 e. The zero-order valence-corrected chi connectivity index (χ0v) is 13.3. The van der Waals surface area contributed by atoms with Gasteiger partial charge in [0.25, 0.3) is 0 Å². The zero-order chi connectivity index (χ0) is 14.8. The number of benzene rings is 1. The van der Waals surface area contributed by atoms with E-state index in [9.17, 15) is 8.42 Å². The van der Waals surface area contributed by atoms with Crippen LogP contribution in [0.25, 0.3) is 0 Å². The maximum atomic E-state index is 12.3. The third kappa shape index (κ3) is 3.26. The molecule has 0 atom stereocenters. The number of nitrogens with two attached hydrogens (primary N) is 1. The van der Waals surface area contributed by atoms with Gasteiger partial charge in [-0.15, -0.1) is 0 Å². The van der Waals surface area contributed by atoms with Gasteiger partial charge in [-0.1, -0.05) is 6.07 Å². The normalized spacial score (nSPS) is 11.8. The number of rotatable bonds is 5. The van der Waals surface area contributed by atoms with Crippen molar-refractivity contribution in [1.29, 1.82) is 0 Å². The first kappa shape index (κ1) is 15.2. The Balaban J connectivity index is 2.20. The molecule has 3 N–H and O–H groups in total. The molecule has 20 heavy (non-hydrogen) atoms. The molecule has 8 heteroatoms. The predicted octanol–water partition coefficient (Wildman–Crippen LogP) is 1.12. The molecule has 0 spiro atoms. The van der Waals surface area contributed by atoms with Crippen molar-refractivity contribution in [2.45, 2.75) is 18.0 Å². The van der Waals surface area contributed by atoms with Gasteiger partial charge in [0.05, 0.1) is 17.1 Å². The average Bonchev–Trinajstić information content (AvgIpc) is 2.81. The summed E-state index contributed by atoms with van der Waals surface area (Å²) in [6.45, 7) is 0.547. The van der Waals surface area contributed by atoms with E-state index in [1.165, 1.54) is 6.07 Å². The topological polar surface area (TPSA) is 90.0 Å². The van der Waals surface area contributed by atoms with E-state index in [0.717, 1.165) is 11.3 Å². The molecule has 0 fully saturated rings. The summed E-state index contributed by atoms with van der Waals surface area (Å²) < 4.78 is 29.2. The van der Waals surface area contributed by atoms with Crippen molar-refractivity contribution < 1.29 is 8.42 Å². The van der Waals surface area contributed by atoms with Crippen LogP contribution in [0.4, 0.5) is 0 Å². The predicted molar refractivity (Wildman–Crippen MR) is 79.3 cm³/mol. The number of halogens is 1. The average molecular weight is 359 g/mol. The van der Waals surface area contributed by atoms with Crippen molar-refractivity contribution in [3.05, 3.63) is 46.2 Å². The second-order valence-electron chi connectivity index (χ2n) is 4.24. The minimum absolute atomic E-state index is 0.184. The van der Waals surface area contributed by atoms with E-state index in [1.54, 1.807) is 36.1 Å². The lowest BCUT2D eigenvalue weighted by Crippen LogP contribution is -2.24. The van der Waals surface area contributed by atoms with Crippen molar-refractivity contribution >= 4 is 26.0 Å². The van der Waals surface area contributed by atoms with E-state index in [-0.39, 0.29) is 11.4 Å². The molecule has 1 aromatic heterocycles. The Kier molecular flexibility index (Phi) is 4.59. The molecule has 0 saturated carbocycles. The number of nitrogens with one attached hydrogen (secondary N) is 1. The second-order valence-corrected chi connectivity index (χ2v) is 6.83. The molecule has 1 heterocycles. The lowest BCUT2D eigenvalue weighted by atomic mass is 10.2. The quantitative estimate of drug-likeness (QED) is 0.837. The Labute approximate surface area is 126 Å². The van der Waals surface area contributed by atoms with Crippen molar-refractivity contribution in [2.75, 3.05) is 0 Å². The van der Waals surface area contributed by atoms with Gasteiger partial charge in [0.1, 0.15) is 0 Å². The highest BCUT2D eigenvalue weighted by atomic mass is 79.9. The Morgan fingerprint density at radius 3 is 2.70 bits per heavy atom. The van der Waals surface area contributed by atoms with Crippen molar-refractivity contribution in [1.82, 2.24) is 14.5 Å². The van der Waals surface area contributed by atoms with Crippen molar-refractivity contribution in [3.63, 3.8) is 0 Å².